The summed E-state index contributed by atoms with van der Waals surface area (Å²) in [5, 5.41) is 2.70. The van der Waals surface area contributed by atoms with E-state index in [4.69, 9.17) is 0 Å². The minimum atomic E-state index is -3.62. The summed E-state index contributed by atoms with van der Waals surface area (Å²) in [5.41, 5.74) is 3.50. The number of fused-ring (bicyclic) bond motifs is 1. The number of hydrogen-bond acceptors (Lipinski definition) is 4. The summed E-state index contributed by atoms with van der Waals surface area (Å²) < 4.78 is 27.7. The molecule has 4 rings (SSSR count). The lowest BCUT2D eigenvalue weighted by Crippen LogP contribution is -2.23. The highest BCUT2D eigenvalue weighted by Crippen LogP contribution is 2.26. The third-order valence-electron chi connectivity index (χ3n) is 4.89. The zero-order valence-electron chi connectivity index (χ0n) is 14.4. The van der Waals surface area contributed by atoms with E-state index < -0.39 is 10.0 Å². The molecule has 0 aromatic heterocycles. The summed E-state index contributed by atoms with van der Waals surface area (Å²) in [5.74, 6) is -0.111. The van der Waals surface area contributed by atoms with E-state index in [1.54, 1.807) is 12.1 Å². The molecule has 0 bridgehead atoms. The molecule has 6 nitrogen and oxygen atoms in total. The van der Waals surface area contributed by atoms with E-state index in [0.29, 0.717) is 11.3 Å². The Morgan fingerprint density at radius 3 is 2.50 bits per heavy atom. The third kappa shape index (κ3) is 3.45. The van der Waals surface area contributed by atoms with Gasteiger partial charge in [0, 0.05) is 31.0 Å². The Balaban J connectivity index is 1.43. The van der Waals surface area contributed by atoms with Crippen LogP contribution in [-0.2, 0) is 27.8 Å². The Bertz CT molecular complexity index is 933. The van der Waals surface area contributed by atoms with E-state index in [-0.39, 0.29) is 23.8 Å². The Hall–Kier alpha value is -2.38. The van der Waals surface area contributed by atoms with Crippen LogP contribution in [-0.4, -0.2) is 27.4 Å². The van der Waals surface area contributed by atoms with Crippen molar-refractivity contribution < 1.29 is 13.2 Å². The van der Waals surface area contributed by atoms with Crippen LogP contribution in [0, 0.1) is 0 Å². The summed E-state index contributed by atoms with van der Waals surface area (Å²) in [6, 6.07) is 12.7. The second kappa shape index (κ2) is 6.74. The SMILES string of the molecule is O=C1Cc2cc(S(=O)(=O)NCc3ccc(N4CCCC4)cc3)ccc2N1. The quantitative estimate of drug-likeness (QED) is 0.845. The van der Waals surface area contributed by atoms with Crippen molar-refractivity contribution in [2.45, 2.75) is 30.7 Å². The molecule has 0 spiro atoms. The molecule has 1 amide bonds. The van der Waals surface area contributed by atoms with Crippen molar-refractivity contribution in [3.63, 3.8) is 0 Å². The molecular formula is C19H21N3O3S. The molecule has 2 aliphatic rings. The molecule has 0 radical (unpaired) electrons. The first-order valence-electron chi connectivity index (χ1n) is 8.78. The largest absolute Gasteiger partial charge is 0.372 e. The van der Waals surface area contributed by atoms with Crippen molar-refractivity contribution in [1.29, 1.82) is 0 Å². The molecule has 26 heavy (non-hydrogen) atoms. The van der Waals surface area contributed by atoms with Gasteiger partial charge in [-0.25, -0.2) is 13.1 Å². The number of carbonyl (C=O) groups is 1. The predicted molar refractivity (Wildman–Crippen MR) is 101 cm³/mol. The van der Waals surface area contributed by atoms with Gasteiger partial charge in [-0.3, -0.25) is 4.79 Å². The Labute approximate surface area is 153 Å². The summed E-state index contributed by atoms with van der Waals surface area (Å²) in [6.07, 6.45) is 2.67. The summed E-state index contributed by atoms with van der Waals surface area (Å²) in [7, 11) is -3.62. The summed E-state index contributed by atoms with van der Waals surface area (Å²) in [4.78, 5) is 13.9. The van der Waals surface area contributed by atoms with Gasteiger partial charge in [-0.15, -0.1) is 0 Å². The maximum atomic E-state index is 12.5. The van der Waals surface area contributed by atoms with E-state index in [2.05, 4.69) is 14.9 Å². The van der Waals surface area contributed by atoms with Gasteiger partial charge in [0.15, 0.2) is 0 Å². The van der Waals surface area contributed by atoms with Crippen LogP contribution in [0.2, 0.25) is 0 Å². The number of carbonyl (C=O) groups excluding carboxylic acids is 1. The topological polar surface area (TPSA) is 78.5 Å². The fourth-order valence-electron chi connectivity index (χ4n) is 3.43. The minimum absolute atomic E-state index is 0.111. The number of hydrogen-bond donors (Lipinski definition) is 2. The third-order valence-corrected chi connectivity index (χ3v) is 6.28. The van der Waals surface area contributed by atoms with Crippen molar-refractivity contribution in [2.24, 2.45) is 0 Å². The van der Waals surface area contributed by atoms with Crippen molar-refractivity contribution in [3.8, 4) is 0 Å². The second-order valence-electron chi connectivity index (χ2n) is 6.73. The molecule has 0 unspecified atom stereocenters. The van der Waals surface area contributed by atoms with E-state index in [0.717, 1.165) is 18.7 Å². The van der Waals surface area contributed by atoms with Gasteiger partial charge in [0.25, 0.3) is 0 Å². The Kier molecular flexibility index (Phi) is 4.42. The highest BCUT2D eigenvalue weighted by molar-refractivity contribution is 7.89. The first kappa shape index (κ1) is 17.1. The van der Waals surface area contributed by atoms with Gasteiger partial charge in [0.05, 0.1) is 11.3 Å². The van der Waals surface area contributed by atoms with Gasteiger partial charge in [-0.2, -0.15) is 0 Å². The summed E-state index contributed by atoms with van der Waals surface area (Å²) in [6.45, 7) is 2.40. The fourth-order valence-corrected chi connectivity index (χ4v) is 4.50. The van der Waals surface area contributed by atoms with E-state index in [1.807, 2.05) is 24.3 Å². The van der Waals surface area contributed by atoms with Gasteiger partial charge in [0.1, 0.15) is 0 Å². The van der Waals surface area contributed by atoms with E-state index in [1.165, 1.54) is 24.6 Å². The van der Waals surface area contributed by atoms with Gasteiger partial charge in [0.2, 0.25) is 15.9 Å². The molecule has 7 heteroatoms. The van der Waals surface area contributed by atoms with Crippen LogP contribution in [0.1, 0.15) is 24.0 Å². The van der Waals surface area contributed by atoms with Crippen LogP contribution in [0.25, 0.3) is 0 Å². The number of anilines is 2. The molecule has 2 heterocycles. The van der Waals surface area contributed by atoms with Crippen LogP contribution in [0.4, 0.5) is 11.4 Å². The molecule has 2 aromatic carbocycles. The number of benzene rings is 2. The van der Waals surface area contributed by atoms with Crippen LogP contribution in [0.15, 0.2) is 47.4 Å². The number of sulfonamides is 1. The lowest BCUT2D eigenvalue weighted by atomic mass is 10.2. The van der Waals surface area contributed by atoms with Gasteiger partial charge >= 0.3 is 0 Å². The van der Waals surface area contributed by atoms with Crippen LogP contribution >= 0.6 is 0 Å². The molecule has 2 aliphatic heterocycles. The van der Waals surface area contributed by atoms with E-state index >= 15 is 0 Å². The summed E-state index contributed by atoms with van der Waals surface area (Å²) >= 11 is 0. The number of nitrogens with zero attached hydrogens (tertiary/aromatic N) is 1. The highest BCUT2D eigenvalue weighted by Gasteiger charge is 2.21. The van der Waals surface area contributed by atoms with Crippen molar-refractivity contribution in [3.05, 3.63) is 53.6 Å². The van der Waals surface area contributed by atoms with Crippen LogP contribution < -0.4 is 14.9 Å². The first-order valence-corrected chi connectivity index (χ1v) is 10.3. The monoisotopic (exact) mass is 371 g/mol. The fraction of sp³-hybridized carbons (Fsp3) is 0.316. The molecule has 2 aromatic rings. The smallest absolute Gasteiger partial charge is 0.240 e. The predicted octanol–water partition coefficient (Wildman–Crippen LogP) is 2.26. The lowest BCUT2D eigenvalue weighted by molar-refractivity contribution is -0.115. The molecule has 0 aliphatic carbocycles. The zero-order chi connectivity index (χ0) is 18.1. The number of nitrogens with one attached hydrogen (secondary N) is 2. The lowest BCUT2D eigenvalue weighted by Gasteiger charge is -2.17. The molecule has 1 saturated heterocycles. The normalized spacial score (nSPS) is 16.6. The van der Waals surface area contributed by atoms with Gasteiger partial charge in [-0.05, 0) is 54.3 Å². The molecular weight excluding hydrogens is 350 g/mol. The van der Waals surface area contributed by atoms with Gasteiger partial charge < -0.3 is 10.2 Å². The average Bonchev–Trinajstić information content (AvgIpc) is 3.28. The number of rotatable bonds is 5. The van der Waals surface area contributed by atoms with Crippen molar-refractivity contribution >= 4 is 27.3 Å². The number of amides is 1. The van der Waals surface area contributed by atoms with Crippen LogP contribution in [0.5, 0.6) is 0 Å². The van der Waals surface area contributed by atoms with Crippen molar-refractivity contribution in [1.82, 2.24) is 4.72 Å². The zero-order valence-corrected chi connectivity index (χ0v) is 15.2. The maximum absolute atomic E-state index is 12.5. The Morgan fingerprint density at radius 1 is 1.04 bits per heavy atom. The van der Waals surface area contributed by atoms with Crippen LogP contribution in [0.3, 0.4) is 0 Å². The molecule has 1 fully saturated rings. The second-order valence-corrected chi connectivity index (χ2v) is 8.50. The molecule has 2 N–H and O–H groups in total. The minimum Gasteiger partial charge on any atom is -0.372 e. The standard InChI is InChI=1S/C19H21N3O3S/c23-19-12-15-11-17(7-8-18(15)21-19)26(24,25)20-13-14-3-5-16(6-4-14)22-9-1-2-10-22/h3-8,11,20H,1-2,9-10,12-13H2,(H,21,23). The Morgan fingerprint density at radius 2 is 1.77 bits per heavy atom. The average molecular weight is 371 g/mol. The molecule has 0 saturated carbocycles. The maximum Gasteiger partial charge on any atom is 0.240 e. The van der Waals surface area contributed by atoms with Gasteiger partial charge in [-0.1, -0.05) is 12.1 Å². The molecule has 0 atom stereocenters. The van der Waals surface area contributed by atoms with E-state index in [9.17, 15) is 13.2 Å². The van der Waals surface area contributed by atoms with Crippen molar-refractivity contribution in [2.75, 3.05) is 23.3 Å². The molecule has 136 valence electrons. The first-order chi connectivity index (χ1) is 12.5. The highest BCUT2D eigenvalue weighted by atomic mass is 32.2.